The molecule has 3 rings (SSSR count). The maximum absolute atomic E-state index is 5.39. The van der Waals surface area contributed by atoms with Crippen LogP contribution in [0.1, 0.15) is 35.8 Å². The zero-order chi connectivity index (χ0) is 11.7. The Bertz CT molecular complexity index is 489. The van der Waals surface area contributed by atoms with E-state index in [2.05, 4.69) is 36.5 Å². The number of hydrogen-bond donors (Lipinski definition) is 1. The summed E-state index contributed by atoms with van der Waals surface area (Å²) >= 11 is 0. The second-order valence-corrected chi connectivity index (χ2v) is 4.75. The number of rotatable bonds is 4. The van der Waals surface area contributed by atoms with E-state index in [0.717, 1.165) is 12.3 Å². The lowest BCUT2D eigenvalue weighted by Crippen LogP contribution is -2.30. The summed E-state index contributed by atoms with van der Waals surface area (Å²) in [7, 11) is 0. The van der Waals surface area contributed by atoms with Crippen molar-refractivity contribution in [1.82, 2.24) is 5.32 Å². The van der Waals surface area contributed by atoms with E-state index in [1.54, 1.807) is 6.26 Å². The number of furan rings is 1. The van der Waals surface area contributed by atoms with Crippen molar-refractivity contribution in [3.05, 3.63) is 59.5 Å². The minimum absolute atomic E-state index is 0.290. The fourth-order valence-corrected chi connectivity index (χ4v) is 2.50. The largest absolute Gasteiger partial charge is 0.468 e. The van der Waals surface area contributed by atoms with Crippen LogP contribution in [0, 0.1) is 0 Å². The summed E-state index contributed by atoms with van der Waals surface area (Å²) in [6, 6.07) is 13.0. The minimum Gasteiger partial charge on any atom is -0.468 e. The molecule has 0 amide bonds. The van der Waals surface area contributed by atoms with E-state index in [4.69, 9.17) is 4.42 Å². The monoisotopic (exact) mass is 227 g/mol. The second-order valence-electron chi connectivity index (χ2n) is 4.75. The lowest BCUT2D eigenvalue weighted by molar-refractivity contribution is 0.411. The van der Waals surface area contributed by atoms with Gasteiger partial charge < -0.3 is 9.73 Å². The Morgan fingerprint density at radius 1 is 1.29 bits per heavy atom. The van der Waals surface area contributed by atoms with Crippen LogP contribution >= 0.6 is 0 Å². The third kappa shape index (κ3) is 2.01. The van der Waals surface area contributed by atoms with Crippen molar-refractivity contribution in [1.29, 1.82) is 0 Å². The maximum atomic E-state index is 5.39. The Kier molecular flexibility index (Phi) is 2.73. The molecule has 0 bridgehead atoms. The maximum Gasteiger partial charge on any atom is 0.120 e. The highest BCUT2D eigenvalue weighted by atomic mass is 16.3. The van der Waals surface area contributed by atoms with Gasteiger partial charge in [-0.2, -0.15) is 0 Å². The molecule has 0 spiro atoms. The summed E-state index contributed by atoms with van der Waals surface area (Å²) in [5.74, 6) is 1.68. The summed E-state index contributed by atoms with van der Waals surface area (Å²) in [5, 5.41) is 3.53. The molecule has 2 nitrogen and oxygen atoms in total. The molecule has 2 heteroatoms. The number of fused-ring (bicyclic) bond motifs is 1. The first kappa shape index (κ1) is 10.6. The van der Waals surface area contributed by atoms with Gasteiger partial charge in [0.2, 0.25) is 0 Å². The summed E-state index contributed by atoms with van der Waals surface area (Å²) in [6.45, 7) is 3.17. The van der Waals surface area contributed by atoms with E-state index in [9.17, 15) is 0 Å². The standard InChI is InChI=1S/C15H17NO/c1-11(15-7-4-8-17-15)16-10-13-9-12-5-2-3-6-14(12)13/h2-8,11,13,16H,9-10H2,1H3/t11-,13?/m1/s1. The lowest BCUT2D eigenvalue weighted by Gasteiger charge is -2.31. The Balaban J connectivity index is 1.57. The normalized spacial score (nSPS) is 19.5. The average Bonchev–Trinajstić information content (AvgIpc) is 2.83. The number of nitrogens with one attached hydrogen (secondary N) is 1. The van der Waals surface area contributed by atoms with Crippen molar-refractivity contribution in [3.8, 4) is 0 Å². The summed E-state index contributed by atoms with van der Waals surface area (Å²) < 4.78 is 5.39. The highest BCUT2D eigenvalue weighted by molar-refractivity contribution is 5.40. The Labute approximate surface area is 102 Å². The molecular formula is C15H17NO. The van der Waals surface area contributed by atoms with Gasteiger partial charge in [0.05, 0.1) is 12.3 Å². The topological polar surface area (TPSA) is 25.2 Å². The van der Waals surface area contributed by atoms with Crippen molar-refractivity contribution < 1.29 is 4.42 Å². The molecule has 0 saturated carbocycles. The molecule has 0 saturated heterocycles. The molecule has 1 N–H and O–H groups in total. The summed E-state index contributed by atoms with van der Waals surface area (Å²) in [6.07, 6.45) is 2.93. The van der Waals surface area contributed by atoms with Gasteiger partial charge in [0, 0.05) is 12.5 Å². The molecule has 1 aromatic carbocycles. The molecule has 1 aliphatic carbocycles. The molecule has 0 fully saturated rings. The Morgan fingerprint density at radius 2 is 2.18 bits per heavy atom. The Hall–Kier alpha value is -1.54. The number of hydrogen-bond acceptors (Lipinski definition) is 2. The van der Waals surface area contributed by atoms with Crippen LogP contribution in [-0.4, -0.2) is 6.54 Å². The van der Waals surface area contributed by atoms with Gasteiger partial charge in [-0.1, -0.05) is 24.3 Å². The van der Waals surface area contributed by atoms with Gasteiger partial charge in [-0.15, -0.1) is 0 Å². The molecule has 0 radical (unpaired) electrons. The van der Waals surface area contributed by atoms with Gasteiger partial charge in [0.25, 0.3) is 0 Å². The minimum atomic E-state index is 0.290. The van der Waals surface area contributed by atoms with E-state index in [1.807, 2.05) is 12.1 Å². The first-order valence-electron chi connectivity index (χ1n) is 6.19. The van der Waals surface area contributed by atoms with Crippen LogP contribution in [-0.2, 0) is 6.42 Å². The van der Waals surface area contributed by atoms with Gasteiger partial charge in [-0.05, 0) is 36.6 Å². The predicted molar refractivity (Wildman–Crippen MR) is 68.0 cm³/mol. The quantitative estimate of drug-likeness (QED) is 0.867. The summed E-state index contributed by atoms with van der Waals surface area (Å²) in [5.41, 5.74) is 3.01. The smallest absolute Gasteiger partial charge is 0.120 e. The van der Waals surface area contributed by atoms with Gasteiger partial charge in [-0.25, -0.2) is 0 Å². The third-order valence-electron chi connectivity index (χ3n) is 3.60. The van der Waals surface area contributed by atoms with Crippen molar-refractivity contribution >= 4 is 0 Å². The van der Waals surface area contributed by atoms with Crippen LogP contribution in [0.3, 0.4) is 0 Å². The fourth-order valence-electron chi connectivity index (χ4n) is 2.50. The van der Waals surface area contributed by atoms with E-state index >= 15 is 0 Å². The lowest BCUT2D eigenvalue weighted by atomic mass is 9.77. The van der Waals surface area contributed by atoms with Crippen LogP contribution in [0.4, 0.5) is 0 Å². The molecule has 17 heavy (non-hydrogen) atoms. The first-order chi connectivity index (χ1) is 8.34. The molecule has 0 aliphatic heterocycles. The zero-order valence-corrected chi connectivity index (χ0v) is 10.0. The molecule has 2 aromatic rings. The summed E-state index contributed by atoms with van der Waals surface area (Å²) in [4.78, 5) is 0. The SMILES string of the molecule is C[C@@H](NCC1Cc2ccccc21)c1ccco1. The van der Waals surface area contributed by atoms with Crippen LogP contribution in [0.2, 0.25) is 0 Å². The molecular weight excluding hydrogens is 210 g/mol. The molecule has 1 aliphatic rings. The Morgan fingerprint density at radius 3 is 2.94 bits per heavy atom. The fraction of sp³-hybridized carbons (Fsp3) is 0.333. The van der Waals surface area contributed by atoms with Crippen molar-refractivity contribution in [2.24, 2.45) is 0 Å². The van der Waals surface area contributed by atoms with Gasteiger partial charge in [0.1, 0.15) is 5.76 Å². The molecule has 1 aromatic heterocycles. The molecule has 1 unspecified atom stereocenters. The van der Waals surface area contributed by atoms with Gasteiger partial charge in [0.15, 0.2) is 0 Å². The number of benzene rings is 1. The van der Waals surface area contributed by atoms with Crippen LogP contribution < -0.4 is 5.32 Å². The van der Waals surface area contributed by atoms with Crippen LogP contribution in [0.25, 0.3) is 0 Å². The molecule has 88 valence electrons. The second kappa shape index (κ2) is 4.38. The third-order valence-corrected chi connectivity index (χ3v) is 3.60. The average molecular weight is 227 g/mol. The van der Waals surface area contributed by atoms with Crippen LogP contribution in [0.5, 0.6) is 0 Å². The first-order valence-corrected chi connectivity index (χ1v) is 6.19. The zero-order valence-electron chi connectivity index (χ0n) is 10.0. The van der Waals surface area contributed by atoms with Crippen LogP contribution in [0.15, 0.2) is 47.1 Å². The van der Waals surface area contributed by atoms with E-state index in [-0.39, 0.29) is 6.04 Å². The van der Waals surface area contributed by atoms with Crippen molar-refractivity contribution in [2.45, 2.75) is 25.3 Å². The highest BCUT2D eigenvalue weighted by Gasteiger charge is 2.25. The highest BCUT2D eigenvalue weighted by Crippen LogP contribution is 2.34. The molecule has 2 atom stereocenters. The van der Waals surface area contributed by atoms with E-state index < -0.39 is 0 Å². The molecule has 1 heterocycles. The predicted octanol–water partition coefficient (Wildman–Crippen LogP) is 3.27. The van der Waals surface area contributed by atoms with E-state index in [0.29, 0.717) is 5.92 Å². The van der Waals surface area contributed by atoms with Gasteiger partial charge >= 0.3 is 0 Å². The van der Waals surface area contributed by atoms with Gasteiger partial charge in [-0.3, -0.25) is 0 Å². The van der Waals surface area contributed by atoms with E-state index in [1.165, 1.54) is 17.5 Å². The van der Waals surface area contributed by atoms with Crippen molar-refractivity contribution in [2.75, 3.05) is 6.54 Å². The van der Waals surface area contributed by atoms with Crippen molar-refractivity contribution in [3.63, 3.8) is 0 Å².